The number of hydrogen-bond donors (Lipinski definition) is 0. The van der Waals surface area contributed by atoms with Crippen molar-refractivity contribution in [2.45, 2.75) is 84.7 Å². The monoisotopic (exact) mass is 390 g/mol. The predicted molar refractivity (Wildman–Crippen MR) is 108 cm³/mol. The van der Waals surface area contributed by atoms with Crippen molar-refractivity contribution in [1.29, 1.82) is 0 Å². The summed E-state index contributed by atoms with van der Waals surface area (Å²) in [7, 11) is 1.47. The number of rotatable bonds is 4. The molecule has 0 bridgehead atoms. The van der Waals surface area contributed by atoms with Gasteiger partial charge < -0.3 is 9.47 Å². The van der Waals surface area contributed by atoms with Crippen LogP contribution in [0.4, 0.5) is 0 Å². The molecule has 0 spiro atoms. The highest BCUT2D eigenvalue weighted by Crippen LogP contribution is 2.66. The molecular weight excluding hydrogens is 352 g/mol. The van der Waals surface area contributed by atoms with Gasteiger partial charge in [0.2, 0.25) is 0 Å². The lowest BCUT2D eigenvalue weighted by atomic mass is 9.45. The molecule has 158 valence electrons. The molecule has 8 atom stereocenters. The minimum absolute atomic E-state index is 0.0986. The lowest BCUT2D eigenvalue weighted by Crippen LogP contribution is -2.58. The minimum Gasteiger partial charge on any atom is -0.469 e. The fraction of sp³-hybridized carbons (Fsp3) is 0.917. The van der Waals surface area contributed by atoms with Crippen LogP contribution in [0.1, 0.15) is 78.6 Å². The summed E-state index contributed by atoms with van der Waals surface area (Å²) in [6.45, 7) is 7.89. The Bertz CT molecular complexity index is 630. The zero-order chi connectivity index (χ0) is 20.1. The van der Waals surface area contributed by atoms with Crippen molar-refractivity contribution in [2.75, 3.05) is 13.7 Å². The van der Waals surface area contributed by atoms with Crippen LogP contribution in [0.15, 0.2) is 0 Å². The molecule has 1 heterocycles. The molecule has 0 aromatic rings. The summed E-state index contributed by atoms with van der Waals surface area (Å²) in [6, 6.07) is 0. The predicted octanol–water partition coefficient (Wildman–Crippen LogP) is 4.79. The van der Waals surface area contributed by atoms with Crippen molar-refractivity contribution in [3.05, 3.63) is 0 Å². The lowest BCUT2D eigenvalue weighted by Gasteiger charge is -2.60. The van der Waals surface area contributed by atoms with Crippen molar-refractivity contribution < 1.29 is 19.1 Å². The largest absolute Gasteiger partial charge is 0.469 e. The van der Waals surface area contributed by atoms with Gasteiger partial charge in [0, 0.05) is 18.8 Å². The minimum atomic E-state index is -0.0986. The van der Waals surface area contributed by atoms with Crippen LogP contribution in [0.25, 0.3) is 0 Å². The highest BCUT2D eigenvalue weighted by Gasteiger charge is 2.62. The first-order valence-electron chi connectivity index (χ1n) is 11.5. The van der Waals surface area contributed by atoms with Gasteiger partial charge in [0.1, 0.15) is 5.78 Å². The third-order valence-corrected chi connectivity index (χ3v) is 9.54. The van der Waals surface area contributed by atoms with Gasteiger partial charge in [-0.25, -0.2) is 0 Å². The Morgan fingerprint density at radius 1 is 1.18 bits per heavy atom. The molecule has 28 heavy (non-hydrogen) atoms. The van der Waals surface area contributed by atoms with E-state index in [2.05, 4.69) is 20.8 Å². The van der Waals surface area contributed by atoms with Crippen LogP contribution in [0.3, 0.4) is 0 Å². The smallest absolute Gasteiger partial charge is 0.305 e. The number of carbonyl (C=O) groups excluding carboxylic acids is 2. The van der Waals surface area contributed by atoms with Crippen LogP contribution in [-0.2, 0) is 19.1 Å². The summed E-state index contributed by atoms with van der Waals surface area (Å²) in [4.78, 5) is 24.8. The fourth-order valence-corrected chi connectivity index (χ4v) is 7.95. The zero-order valence-electron chi connectivity index (χ0n) is 18.2. The Hall–Kier alpha value is -0.900. The van der Waals surface area contributed by atoms with Crippen LogP contribution in [-0.4, -0.2) is 31.6 Å². The molecule has 1 aliphatic heterocycles. The summed E-state index contributed by atoms with van der Waals surface area (Å²) >= 11 is 0. The molecule has 4 heteroatoms. The second-order valence-corrected chi connectivity index (χ2v) is 10.7. The van der Waals surface area contributed by atoms with Crippen molar-refractivity contribution in [3.8, 4) is 0 Å². The summed E-state index contributed by atoms with van der Waals surface area (Å²) < 4.78 is 10.8. The number of methoxy groups -OCH3 is 1. The molecule has 1 saturated heterocycles. The number of Topliss-reactive ketones (excluding diaryl/α,β-unsaturated/α-hetero) is 1. The quantitative estimate of drug-likeness (QED) is 0.648. The summed E-state index contributed by atoms with van der Waals surface area (Å²) in [6.07, 6.45) is 9.53. The van der Waals surface area contributed by atoms with Gasteiger partial charge in [0.15, 0.2) is 0 Å². The number of esters is 1. The molecule has 4 aliphatic rings. The maximum absolute atomic E-state index is 13.3. The van der Waals surface area contributed by atoms with Crippen molar-refractivity contribution >= 4 is 11.8 Å². The van der Waals surface area contributed by atoms with Crippen LogP contribution in [0.2, 0.25) is 0 Å². The number of ketones is 1. The molecule has 0 amide bonds. The molecule has 4 rings (SSSR count). The van der Waals surface area contributed by atoms with Crippen LogP contribution in [0, 0.1) is 40.4 Å². The molecule has 8 unspecified atom stereocenters. The molecule has 4 nitrogen and oxygen atoms in total. The number of carbonyl (C=O) groups is 2. The average molecular weight is 391 g/mol. The average Bonchev–Trinajstić information content (AvgIpc) is 2.99. The standard InChI is InChI=1S/C24H38O4/c1-15-13-24(3)17(14-28-15)12-20(25)22-18-9-8-16(6-5-7-21(26)27-4)23(18,2)11-10-19(22)24/h15-19,22H,5-14H2,1-4H3. The molecule has 0 radical (unpaired) electrons. The Balaban J connectivity index is 1.51. The van der Waals surface area contributed by atoms with E-state index in [-0.39, 0.29) is 22.7 Å². The fourth-order valence-electron chi connectivity index (χ4n) is 7.95. The SMILES string of the molecule is COC(=O)CCCC1CCC2C3C(=O)CC4COC(C)CC4(C)C3CCC12C. The number of fused-ring (bicyclic) bond motifs is 5. The van der Waals surface area contributed by atoms with Crippen molar-refractivity contribution in [1.82, 2.24) is 0 Å². The van der Waals surface area contributed by atoms with Crippen LogP contribution < -0.4 is 0 Å². The highest BCUT2D eigenvalue weighted by atomic mass is 16.5. The van der Waals surface area contributed by atoms with Crippen LogP contribution >= 0.6 is 0 Å². The van der Waals surface area contributed by atoms with E-state index in [0.29, 0.717) is 42.0 Å². The molecular formula is C24H38O4. The highest BCUT2D eigenvalue weighted by molar-refractivity contribution is 5.83. The maximum atomic E-state index is 13.3. The second kappa shape index (κ2) is 7.41. The van der Waals surface area contributed by atoms with Gasteiger partial charge in [-0.05, 0) is 86.4 Å². The van der Waals surface area contributed by atoms with E-state index in [4.69, 9.17) is 9.47 Å². The summed E-state index contributed by atoms with van der Waals surface area (Å²) in [5, 5.41) is 0. The molecule has 3 saturated carbocycles. The molecule has 0 N–H and O–H groups in total. The van der Waals surface area contributed by atoms with E-state index in [1.807, 2.05) is 0 Å². The van der Waals surface area contributed by atoms with Gasteiger partial charge in [0.05, 0.1) is 19.8 Å². The van der Waals surface area contributed by atoms with Gasteiger partial charge in [-0.3, -0.25) is 9.59 Å². The molecule has 0 aromatic carbocycles. The van der Waals surface area contributed by atoms with Gasteiger partial charge in [-0.2, -0.15) is 0 Å². The van der Waals surface area contributed by atoms with E-state index in [0.717, 1.165) is 32.3 Å². The third-order valence-electron chi connectivity index (χ3n) is 9.54. The Morgan fingerprint density at radius 2 is 1.93 bits per heavy atom. The van der Waals surface area contributed by atoms with E-state index in [1.54, 1.807) is 0 Å². The number of ether oxygens (including phenoxy) is 2. The molecule has 0 aromatic heterocycles. The van der Waals surface area contributed by atoms with Gasteiger partial charge in [0.25, 0.3) is 0 Å². The topological polar surface area (TPSA) is 52.6 Å². The first-order chi connectivity index (χ1) is 13.3. The van der Waals surface area contributed by atoms with Crippen molar-refractivity contribution in [3.63, 3.8) is 0 Å². The number of hydrogen-bond acceptors (Lipinski definition) is 4. The Labute approximate surface area is 170 Å². The van der Waals surface area contributed by atoms with Gasteiger partial charge >= 0.3 is 5.97 Å². The molecule has 4 fully saturated rings. The summed E-state index contributed by atoms with van der Waals surface area (Å²) in [5.41, 5.74) is 0.535. The maximum Gasteiger partial charge on any atom is 0.305 e. The van der Waals surface area contributed by atoms with E-state index >= 15 is 0 Å². The summed E-state index contributed by atoms with van der Waals surface area (Å²) in [5.74, 6) is 2.83. The normalized spacial score (nSPS) is 47.8. The zero-order valence-corrected chi connectivity index (χ0v) is 18.2. The van der Waals surface area contributed by atoms with Crippen LogP contribution in [0.5, 0.6) is 0 Å². The van der Waals surface area contributed by atoms with E-state index < -0.39 is 0 Å². The van der Waals surface area contributed by atoms with Gasteiger partial charge in [-0.15, -0.1) is 0 Å². The van der Waals surface area contributed by atoms with E-state index in [1.165, 1.54) is 32.8 Å². The van der Waals surface area contributed by atoms with Gasteiger partial charge in [-0.1, -0.05) is 13.8 Å². The first-order valence-corrected chi connectivity index (χ1v) is 11.5. The Kier molecular flexibility index (Phi) is 5.39. The van der Waals surface area contributed by atoms with E-state index in [9.17, 15) is 9.59 Å². The Morgan fingerprint density at radius 3 is 2.68 bits per heavy atom. The lowest BCUT2D eigenvalue weighted by molar-refractivity contribution is -0.177. The third kappa shape index (κ3) is 3.14. The van der Waals surface area contributed by atoms with Crippen molar-refractivity contribution in [2.24, 2.45) is 40.4 Å². The first kappa shape index (κ1) is 20.4. The molecule has 3 aliphatic carbocycles. The second-order valence-electron chi connectivity index (χ2n) is 10.7.